The SMILES string of the molecule is C[C@@]1(O)CCN(C(=O)c2c[nH]c3ccc(F)cc3c2=O)C[C@H]1O. The highest BCUT2D eigenvalue weighted by atomic mass is 19.1. The van der Waals surface area contributed by atoms with Gasteiger partial charge in [-0.15, -0.1) is 0 Å². The Hall–Kier alpha value is -2.25. The first-order chi connectivity index (χ1) is 10.8. The maximum absolute atomic E-state index is 13.3. The summed E-state index contributed by atoms with van der Waals surface area (Å²) in [7, 11) is 0. The number of rotatable bonds is 1. The molecule has 1 aromatic heterocycles. The van der Waals surface area contributed by atoms with Crippen LogP contribution in [-0.4, -0.2) is 50.8 Å². The molecule has 0 radical (unpaired) electrons. The minimum Gasteiger partial charge on any atom is -0.388 e. The number of nitrogens with one attached hydrogen (secondary N) is 1. The Morgan fingerprint density at radius 3 is 2.91 bits per heavy atom. The fraction of sp³-hybridized carbons (Fsp3) is 0.375. The average Bonchev–Trinajstić information content (AvgIpc) is 2.50. The van der Waals surface area contributed by atoms with Gasteiger partial charge < -0.3 is 20.1 Å². The first-order valence-corrected chi connectivity index (χ1v) is 7.30. The molecule has 1 aromatic carbocycles. The van der Waals surface area contributed by atoms with Crippen molar-refractivity contribution in [3.05, 3.63) is 46.0 Å². The number of H-pyrrole nitrogens is 1. The van der Waals surface area contributed by atoms with Crippen LogP contribution in [0.15, 0.2) is 29.2 Å². The van der Waals surface area contributed by atoms with E-state index in [1.165, 1.54) is 30.2 Å². The number of aromatic nitrogens is 1. The molecule has 6 nitrogen and oxygen atoms in total. The van der Waals surface area contributed by atoms with Crippen LogP contribution < -0.4 is 5.43 Å². The predicted octanol–water partition coefficient (Wildman–Crippen LogP) is 0.625. The predicted molar refractivity (Wildman–Crippen MR) is 81.7 cm³/mol. The highest BCUT2D eigenvalue weighted by Gasteiger charge is 2.38. The molecule has 1 saturated heterocycles. The molecule has 23 heavy (non-hydrogen) atoms. The number of amides is 1. The Labute approximate surface area is 131 Å². The van der Waals surface area contributed by atoms with Gasteiger partial charge in [0, 0.05) is 30.2 Å². The number of aromatic amines is 1. The topological polar surface area (TPSA) is 93.6 Å². The summed E-state index contributed by atoms with van der Waals surface area (Å²) in [5.41, 5.74) is -1.49. The summed E-state index contributed by atoms with van der Waals surface area (Å²) in [6.07, 6.45) is 0.418. The van der Waals surface area contributed by atoms with E-state index in [0.29, 0.717) is 5.52 Å². The third-order valence-corrected chi connectivity index (χ3v) is 4.36. The minimum absolute atomic E-state index is 0.0630. The van der Waals surface area contributed by atoms with Gasteiger partial charge in [0.1, 0.15) is 11.4 Å². The summed E-state index contributed by atoms with van der Waals surface area (Å²) in [6.45, 7) is 1.67. The van der Waals surface area contributed by atoms with Crippen LogP contribution in [0.1, 0.15) is 23.7 Å². The number of hydrogen-bond donors (Lipinski definition) is 3. The van der Waals surface area contributed by atoms with E-state index in [1.807, 2.05) is 0 Å². The number of fused-ring (bicyclic) bond motifs is 1. The van der Waals surface area contributed by atoms with Crippen molar-refractivity contribution >= 4 is 16.8 Å². The van der Waals surface area contributed by atoms with Gasteiger partial charge in [-0.1, -0.05) is 0 Å². The van der Waals surface area contributed by atoms with Crippen molar-refractivity contribution in [2.75, 3.05) is 13.1 Å². The molecule has 7 heteroatoms. The molecular formula is C16H17FN2O4. The van der Waals surface area contributed by atoms with Crippen LogP contribution in [0.4, 0.5) is 4.39 Å². The van der Waals surface area contributed by atoms with E-state index in [-0.39, 0.29) is 30.5 Å². The second-order valence-corrected chi connectivity index (χ2v) is 6.10. The summed E-state index contributed by atoms with van der Waals surface area (Å²) in [6, 6.07) is 3.74. The van der Waals surface area contributed by atoms with Crippen LogP contribution in [0.3, 0.4) is 0 Å². The van der Waals surface area contributed by atoms with E-state index in [4.69, 9.17) is 0 Å². The van der Waals surface area contributed by atoms with E-state index < -0.39 is 28.9 Å². The molecule has 1 amide bonds. The fourth-order valence-electron chi connectivity index (χ4n) is 2.73. The summed E-state index contributed by atoms with van der Waals surface area (Å²) in [5.74, 6) is -1.11. The number of aliphatic hydroxyl groups excluding tert-OH is 1. The molecule has 0 spiro atoms. The van der Waals surface area contributed by atoms with Gasteiger partial charge in [0.05, 0.1) is 11.7 Å². The molecule has 0 saturated carbocycles. The fourth-order valence-corrected chi connectivity index (χ4v) is 2.73. The first kappa shape index (κ1) is 15.6. The maximum Gasteiger partial charge on any atom is 0.259 e. The highest BCUT2D eigenvalue weighted by molar-refractivity contribution is 5.97. The molecule has 122 valence electrons. The number of hydrogen-bond acceptors (Lipinski definition) is 4. The van der Waals surface area contributed by atoms with Gasteiger partial charge in [-0.05, 0) is 31.5 Å². The molecular weight excluding hydrogens is 303 g/mol. The van der Waals surface area contributed by atoms with Crippen LogP contribution in [0.2, 0.25) is 0 Å². The Morgan fingerprint density at radius 2 is 2.22 bits per heavy atom. The van der Waals surface area contributed by atoms with Gasteiger partial charge in [0.2, 0.25) is 5.43 Å². The third kappa shape index (κ3) is 2.73. The first-order valence-electron chi connectivity index (χ1n) is 7.30. The van der Waals surface area contributed by atoms with Crippen molar-refractivity contribution in [3.8, 4) is 0 Å². The number of carbonyl (C=O) groups excluding carboxylic acids is 1. The summed E-state index contributed by atoms with van der Waals surface area (Å²) >= 11 is 0. The van der Waals surface area contributed by atoms with Crippen molar-refractivity contribution in [2.45, 2.75) is 25.0 Å². The summed E-state index contributed by atoms with van der Waals surface area (Å²) in [4.78, 5) is 29.1. The van der Waals surface area contributed by atoms with Crippen LogP contribution in [0, 0.1) is 5.82 Å². The van der Waals surface area contributed by atoms with Crippen molar-refractivity contribution in [2.24, 2.45) is 0 Å². The summed E-state index contributed by atoms with van der Waals surface area (Å²) in [5, 5.41) is 19.9. The Bertz CT molecular complexity index is 830. The lowest BCUT2D eigenvalue weighted by atomic mass is 9.90. The molecule has 1 fully saturated rings. The number of aliphatic hydroxyl groups is 2. The Balaban J connectivity index is 1.96. The third-order valence-electron chi connectivity index (χ3n) is 4.36. The number of benzene rings is 1. The molecule has 2 aromatic rings. The molecule has 2 atom stereocenters. The number of halogens is 1. The van der Waals surface area contributed by atoms with E-state index >= 15 is 0 Å². The zero-order chi connectivity index (χ0) is 16.8. The van der Waals surface area contributed by atoms with Crippen molar-refractivity contribution < 1.29 is 19.4 Å². The quantitative estimate of drug-likeness (QED) is 0.718. The van der Waals surface area contributed by atoms with Gasteiger partial charge in [-0.25, -0.2) is 4.39 Å². The molecule has 2 heterocycles. The summed E-state index contributed by atoms with van der Waals surface area (Å²) < 4.78 is 13.3. The number of likely N-dealkylation sites (tertiary alicyclic amines) is 1. The number of pyridine rings is 1. The van der Waals surface area contributed by atoms with Crippen molar-refractivity contribution in [1.82, 2.24) is 9.88 Å². The molecule has 1 aliphatic rings. The normalized spacial score (nSPS) is 24.9. The van der Waals surface area contributed by atoms with Gasteiger partial charge >= 0.3 is 0 Å². The van der Waals surface area contributed by atoms with Crippen LogP contribution in [0.25, 0.3) is 10.9 Å². The van der Waals surface area contributed by atoms with E-state index in [2.05, 4.69) is 4.98 Å². The lowest BCUT2D eigenvalue weighted by molar-refractivity contribution is -0.0999. The molecule has 0 aliphatic carbocycles. The second-order valence-electron chi connectivity index (χ2n) is 6.10. The standard InChI is InChI=1S/C16H17FN2O4/c1-16(23)4-5-19(8-13(16)20)15(22)11-7-18-12-3-2-9(17)6-10(12)14(11)21/h2-3,6-7,13,20,23H,4-5,8H2,1H3,(H,18,21)/t13-,16-/m1/s1. The molecule has 0 bridgehead atoms. The van der Waals surface area contributed by atoms with E-state index in [9.17, 15) is 24.2 Å². The average molecular weight is 320 g/mol. The molecule has 0 unspecified atom stereocenters. The Kier molecular flexibility index (Phi) is 3.69. The van der Waals surface area contributed by atoms with Crippen LogP contribution >= 0.6 is 0 Å². The zero-order valence-electron chi connectivity index (χ0n) is 12.5. The number of piperidine rings is 1. The number of carbonyl (C=O) groups is 1. The minimum atomic E-state index is -1.25. The smallest absolute Gasteiger partial charge is 0.259 e. The van der Waals surface area contributed by atoms with Gasteiger partial charge in [0.15, 0.2) is 0 Å². The van der Waals surface area contributed by atoms with Gasteiger partial charge in [-0.3, -0.25) is 9.59 Å². The van der Waals surface area contributed by atoms with Gasteiger partial charge in [-0.2, -0.15) is 0 Å². The monoisotopic (exact) mass is 320 g/mol. The van der Waals surface area contributed by atoms with Gasteiger partial charge in [0.25, 0.3) is 5.91 Å². The number of β-amino-alcohol motifs (C(OH)–C–C–N with tert-alkyl or cyclic N) is 1. The van der Waals surface area contributed by atoms with Crippen LogP contribution in [0.5, 0.6) is 0 Å². The lowest BCUT2D eigenvalue weighted by Gasteiger charge is -2.39. The van der Waals surface area contributed by atoms with Crippen molar-refractivity contribution in [1.29, 1.82) is 0 Å². The molecule has 1 aliphatic heterocycles. The Morgan fingerprint density at radius 1 is 1.48 bits per heavy atom. The number of nitrogens with zero attached hydrogens (tertiary/aromatic N) is 1. The lowest BCUT2D eigenvalue weighted by Crippen LogP contribution is -2.55. The maximum atomic E-state index is 13.3. The van der Waals surface area contributed by atoms with Crippen molar-refractivity contribution in [3.63, 3.8) is 0 Å². The van der Waals surface area contributed by atoms with E-state index in [0.717, 1.165) is 6.07 Å². The largest absolute Gasteiger partial charge is 0.388 e. The van der Waals surface area contributed by atoms with E-state index in [1.54, 1.807) is 0 Å². The zero-order valence-corrected chi connectivity index (χ0v) is 12.5. The molecule has 3 N–H and O–H groups in total. The second kappa shape index (κ2) is 5.43. The van der Waals surface area contributed by atoms with Crippen LogP contribution in [-0.2, 0) is 0 Å². The highest BCUT2D eigenvalue weighted by Crippen LogP contribution is 2.23. The molecule has 3 rings (SSSR count).